The summed E-state index contributed by atoms with van der Waals surface area (Å²) in [6, 6.07) is 14.7. The zero-order chi connectivity index (χ0) is 17.9. The first-order valence-electron chi connectivity index (χ1n) is 9.12. The van der Waals surface area contributed by atoms with Crippen molar-refractivity contribution in [3.63, 3.8) is 0 Å². The lowest BCUT2D eigenvalue weighted by Crippen LogP contribution is -2.17. The Morgan fingerprint density at radius 2 is 1.48 bits per heavy atom. The minimum Gasteiger partial charge on any atom is -0.300 e. The van der Waals surface area contributed by atoms with Crippen LogP contribution in [0, 0.1) is 0 Å². The summed E-state index contributed by atoms with van der Waals surface area (Å²) in [6.07, 6.45) is 6.93. The van der Waals surface area contributed by atoms with Gasteiger partial charge in [-0.1, -0.05) is 55.3 Å². The summed E-state index contributed by atoms with van der Waals surface area (Å²) in [5.74, 6) is -0.0159. The van der Waals surface area contributed by atoms with Crippen LogP contribution in [0.5, 0.6) is 0 Å². The maximum absolute atomic E-state index is 12.0. The summed E-state index contributed by atoms with van der Waals surface area (Å²) in [5, 5.41) is 10.9. The SMILES string of the molecule is O=C(CCCCCCC(=O)NO)CCCc1cccc2ccccc12. The fraction of sp³-hybridized carbons (Fsp3) is 0.429. The molecule has 0 saturated heterocycles. The van der Waals surface area contributed by atoms with Gasteiger partial charge in [-0.3, -0.25) is 14.8 Å². The van der Waals surface area contributed by atoms with Gasteiger partial charge in [0.2, 0.25) is 5.91 Å². The van der Waals surface area contributed by atoms with Gasteiger partial charge in [0.25, 0.3) is 0 Å². The summed E-state index contributed by atoms with van der Waals surface area (Å²) in [5.41, 5.74) is 2.94. The van der Waals surface area contributed by atoms with Gasteiger partial charge < -0.3 is 0 Å². The molecule has 1 amide bonds. The Bertz CT molecular complexity index is 691. The lowest BCUT2D eigenvalue weighted by Gasteiger charge is -2.06. The molecule has 0 fully saturated rings. The van der Waals surface area contributed by atoms with Gasteiger partial charge >= 0.3 is 0 Å². The molecule has 2 rings (SSSR count). The predicted molar refractivity (Wildman–Crippen MR) is 99.5 cm³/mol. The normalized spacial score (nSPS) is 10.8. The fourth-order valence-corrected chi connectivity index (χ4v) is 3.13. The highest BCUT2D eigenvalue weighted by molar-refractivity contribution is 5.85. The molecule has 25 heavy (non-hydrogen) atoms. The largest absolute Gasteiger partial charge is 0.300 e. The standard InChI is InChI=1S/C21H27NO3/c23-19(13-3-1-2-4-16-21(24)22-25)14-8-12-18-11-7-10-17-9-5-6-15-20(17)18/h5-7,9-11,15,25H,1-4,8,12-14,16H2,(H,22,24). The molecule has 0 heterocycles. The summed E-state index contributed by atoms with van der Waals surface area (Å²) in [6.45, 7) is 0. The van der Waals surface area contributed by atoms with Crippen LogP contribution in [0.2, 0.25) is 0 Å². The van der Waals surface area contributed by atoms with E-state index in [1.165, 1.54) is 16.3 Å². The van der Waals surface area contributed by atoms with Crippen LogP contribution in [0.3, 0.4) is 0 Å². The molecule has 0 bridgehead atoms. The minimum atomic E-state index is -0.343. The summed E-state index contributed by atoms with van der Waals surface area (Å²) >= 11 is 0. The molecular formula is C21H27NO3. The molecule has 0 aromatic heterocycles. The van der Waals surface area contributed by atoms with Crippen molar-refractivity contribution < 1.29 is 14.8 Å². The van der Waals surface area contributed by atoms with Gasteiger partial charge in [-0.05, 0) is 42.0 Å². The fourth-order valence-electron chi connectivity index (χ4n) is 3.13. The van der Waals surface area contributed by atoms with Crippen molar-refractivity contribution in [1.82, 2.24) is 5.48 Å². The molecule has 2 aromatic rings. The van der Waals surface area contributed by atoms with Gasteiger partial charge in [0.15, 0.2) is 0 Å². The Hall–Kier alpha value is -2.20. The summed E-state index contributed by atoms with van der Waals surface area (Å²) in [7, 11) is 0. The molecule has 134 valence electrons. The minimum absolute atomic E-state index is 0.327. The first kappa shape index (κ1) is 19.1. The van der Waals surface area contributed by atoms with Crippen LogP contribution in [-0.2, 0) is 16.0 Å². The highest BCUT2D eigenvalue weighted by Gasteiger charge is 2.05. The van der Waals surface area contributed by atoms with E-state index in [1.807, 2.05) is 6.07 Å². The first-order chi connectivity index (χ1) is 12.2. The van der Waals surface area contributed by atoms with Crippen LogP contribution in [0.1, 0.15) is 56.9 Å². The number of fused-ring (bicyclic) bond motifs is 1. The Morgan fingerprint density at radius 3 is 2.28 bits per heavy atom. The zero-order valence-electron chi connectivity index (χ0n) is 14.7. The lowest BCUT2D eigenvalue weighted by molar-refractivity contribution is -0.129. The number of hydroxylamine groups is 1. The van der Waals surface area contributed by atoms with Crippen LogP contribution in [0.15, 0.2) is 42.5 Å². The van der Waals surface area contributed by atoms with Crippen LogP contribution in [0.25, 0.3) is 10.8 Å². The molecule has 2 N–H and O–H groups in total. The van der Waals surface area contributed by atoms with E-state index in [2.05, 4.69) is 36.4 Å². The van der Waals surface area contributed by atoms with Gasteiger partial charge in [0, 0.05) is 19.3 Å². The number of unbranched alkanes of at least 4 members (excludes halogenated alkanes) is 3. The molecule has 0 saturated carbocycles. The number of nitrogens with one attached hydrogen (secondary N) is 1. The zero-order valence-corrected chi connectivity index (χ0v) is 14.7. The third-order valence-corrected chi connectivity index (χ3v) is 4.52. The molecule has 0 aliphatic rings. The van der Waals surface area contributed by atoms with E-state index in [9.17, 15) is 9.59 Å². The molecule has 0 atom stereocenters. The van der Waals surface area contributed by atoms with E-state index < -0.39 is 0 Å². The lowest BCUT2D eigenvalue weighted by atomic mass is 9.98. The number of Topliss-reactive ketones (excluding diaryl/α,β-unsaturated/α-hetero) is 1. The van der Waals surface area contributed by atoms with Crippen molar-refractivity contribution in [1.29, 1.82) is 0 Å². The number of ketones is 1. The molecule has 0 spiro atoms. The molecule has 0 radical (unpaired) electrons. The van der Waals surface area contributed by atoms with Gasteiger partial charge in [0.1, 0.15) is 5.78 Å². The smallest absolute Gasteiger partial charge is 0.243 e. The van der Waals surface area contributed by atoms with Crippen molar-refractivity contribution in [2.24, 2.45) is 0 Å². The maximum Gasteiger partial charge on any atom is 0.243 e. The topological polar surface area (TPSA) is 66.4 Å². The Balaban J connectivity index is 1.61. The molecular weight excluding hydrogens is 314 g/mol. The van der Waals surface area contributed by atoms with E-state index in [0.29, 0.717) is 25.0 Å². The number of rotatable bonds is 11. The highest BCUT2D eigenvalue weighted by Crippen LogP contribution is 2.20. The van der Waals surface area contributed by atoms with Crippen molar-refractivity contribution in [2.75, 3.05) is 0 Å². The Morgan fingerprint density at radius 1 is 0.800 bits per heavy atom. The summed E-state index contributed by atoms with van der Waals surface area (Å²) < 4.78 is 0. The van der Waals surface area contributed by atoms with Gasteiger partial charge in [0.05, 0.1) is 0 Å². The van der Waals surface area contributed by atoms with Crippen LogP contribution in [-0.4, -0.2) is 16.9 Å². The molecule has 0 unspecified atom stereocenters. The number of aryl methyl sites for hydroxylation is 1. The van der Waals surface area contributed by atoms with E-state index in [-0.39, 0.29) is 5.91 Å². The number of hydrogen-bond donors (Lipinski definition) is 2. The third kappa shape index (κ3) is 6.67. The molecule has 2 aromatic carbocycles. The summed E-state index contributed by atoms with van der Waals surface area (Å²) in [4.78, 5) is 22.8. The van der Waals surface area contributed by atoms with Crippen molar-refractivity contribution >= 4 is 22.5 Å². The molecule has 0 aliphatic carbocycles. The number of benzene rings is 2. The van der Waals surface area contributed by atoms with Crippen LogP contribution in [0.4, 0.5) is 0 Å². The van der Waals surface area contributed by atoms with E-state index in [1.54, 1.807) is 5.48 Å². The number of carbonyl (C=O) groups excluding carboxylic acids is 2. The average Bonchev–Trinajstić information content (AvgIpc) is 2.64. The van der Waals surface area contributed by atoms with Gasteiger partial charge in [-0.2, -0.15) is 0 Å². The number of hydrogen-bond acceptors (Lipinski definition) is 3. The molecule has 4 nitrogen and oxygen atoms in total. The number of amides is 1. The van der Waals surface area contributed by atoms with Crippen LogP contribution >= 0.6 is 0 Å². The monoisotopic (exact) mass is 341 g/mol. The van der Waals surface area contributed by atoms with E-state index in [0.717, 1.165) is 38.5 Å². The second-order valence-corrected chi connectivity index (χ2v) is 6.48. The molecule has 4 heteroatoms. The second-order valence-electron chi connectivity index (χ2n) is 6.48. The average molecular weight is 341 g/mol. The van der Waals surface area contributed by atoms with E-state index >= 15 is 0 Å². The first-order valence-corrected chi connectivity index (χ1v) is 9.12. The highest BCUT2D eigenvalue weighted by atomic mass is 16.5. The van der Waals surface area contributed by atoms with Gasteiger partial charge in [-0.25, -0.2) is 5.48 Å². The van der Waals surface area contributed by atoms with Crippen molar-refractivity contribution in [3.8, 4) is 0 Å². The molecule has 0 aliphatic heterocycles. The Labute approximate surface area is 149 Å². The predicted octanol–water partition coefficient (Wildman–Crippen LogP) is 4.58. The quantitative estimate of drug-likeness (QED) is 0.357. The Kier molecular flexibility index (Phi) is 8.13. The third-order valence-electron chi connectivity index (χ3n) is 4.52. The maximum atomic E-state index is 12.0. The van der Waals surface area contributed by atoms with Crippen molar-refractivity contribution in [3.05, 3.63) is 48.0 Å². The number of carbonyl (C=O) groups is 2. The van der Waals surface area contributed by atoms with Gasteiger partial charge in [-0.15, -0.1) is 0 Å². The van der Waals surface area contributed by atoms with Crippen LogP contribution < -0.4 is 5.48 Å². The van der Waals surface area contributed by atoms with E-state index in [4.69, 9.17) is 5.21 Å². The van der Waals surface area contributed by atoms with Crippen molar-refractivity contribution in [2.45, 2.75) is 57.8 Å². The second kappa shape index (κ2) is 10.6.